The minimum absolute atomic E-state index is 0.275. The predicted molar refractivity (Wildman–Crippen MR) is 115 cm³/mol. The van der Waals surface area contributed by atoms with Gasteiger partial charge in [0.25, 0.3) is 0 Å². The molecule has 0 saturated heterocycles. The first-order valence-corrected chi connectivity index (χ1v) is 9.26. The van der Waals surface area contributed by atoms with Gasteiger partial charge in [-0.05, 0) is 43.5 Å². The molecule has 2 amide bonds. The Balaban J connectivity index is 1.75. The van der Waals surface area contributed by atoms with Crippen LogP contribution in [0.1, 0.15) is 17.5 Å². The first-order valence-electron chi connectivity index (χ1n) is 8.88. The van der Waals surface area contributed by atoms with Crippen molar-refractivity contribution in [3.05, 3.63) is 76.8 Å². The summed E-state index contributed by atoms with van der Waals surface area (Å²) >= 11 is 6.11. The van der Waals surface area contributed by atoms with E-state index in [4.69, 9.17) is 11.6 Å². The average molecular weight is 396 g/mol. The van der Waals surface area contributed by atoms with Crippen molar-refractivity contribution in [2.24, 2.45) is 0 Å². The van der Waals surface area contributed by atoms with Crippen LogP contribution in [0.25, 0.3) is 0 Å². The highest BCUT2D eigenvalue weighted by molar-refractivity contribution is 6.31. The number of aromatic nitrogens is 2. The Morgan fingerprint density at radius 3 is 2.71 bits per heavy atom. The van der Waals surface area contributed by atoms with E-state index in [-0.39, 0.29) is 6.03 Å². The third-order valence-corrected chi connectivity index (χ3v) is 4.57. The maximum atomic E-state index is 12.7. The predicted octanol–water partition coefficient (Wildman–Crippen LogP) is 5.14. The van der Waals surface area contributed by atoms with Crippen LogP contribution in [-0.4, -0.2) is 23.0 Å². The Labute approximate surface area is 169 Å². The van der Waals surface area contributed by atoms with Crippen LogP contribution in [0.4, 0.5) is 22.1 Å². The summed E-state index contributed by atoms with van der Waals surface area (Å²) in [6, 6.07) is 7.32. The summed E-state index contributed by atoms with van der Waals surface area (Å²) in [5.41, 5.74) is 3.65. The fourth-order valence-corrected chi connectivity index (χ4v) is 2.98. The number of aryl methyl sites for hydroxylation is 2. The summed E-state index contributed by atoms with van der Waals surface area (Å²) in [6.07, 6.45) is 9.84. The summed E-state index contributed by atoms with van der Waals surface area (Å²) in [6.45, 7) is 3.92. The Hall–Kier alpha value is -3.12. The fourth-order valence-electron chi connectivity index (χ4n) is 2.77. The second-order valence-electron chi connectivity index (χ2n) is 6.47. The number of carbonyl (C=O) groups excluding carboxylic acids is 1. The molecule has 0 fully saturated rings. The molecule has 7 heteroatoms. The van der Waals surface area contributed by atoms with Gasteiger partial charge in [-0.25, -0.2) is 14.8 Å². The lowest BCUT2D eigenvalue weighted by Gasteiger charge is -2.19. The van der Waals surface area contributed by atoms with Crippen molar-refractivity contribution in [2.75, 3.05) is 22.6 Å². The number of carbonyl (C=O) groups is 1. The zero-order chi connectivity index (χ0) is 20.1. The molecule has 1 aliphatic carbocycles. The van der Waals surface area contributed by atoms with Crippen LogP contribution in [0.3, 0.4) is 0 Å². The molecule has 0 aliphatic heterocycles. The fraction of sp³-hybridized carbons (Fsp3) is 0.190. The number of nitrogens with zero attached hydrogens (tertiary/aromatic N) is 3. The van der Waals surface area contributed by atoms with Crippen LogP contribution >= 0.6 is 11.6 Å². The highest BCUT2D eigenvalue weighted by atomic mass is 35.5. The molecule has 0 bridgehead atoms. The molecule has 1 heterocycles. The molecule has 1 aromatic carbocycles. The molecule has 2 N–H and O–H groups in total. The number of allylic oxidation sites excluding steroid dienone is 5. The van der Waals surface area contributed by atoms with Crippen molar-refractivity contribution in [3.63, 3.8) is 0 Å². The van der Waals surface area contributed by atoms with E-state index in [1.807, 2.05) is 56.4 Å². The second-order valence-corrected chi connectivity index (χ2v) is 6.91. The van der Waals surface area contributed by atoms with Gasteiger partial charge in [-0.15, -0.1) is 0 Å². The quantitative estimate of drug-likeness (QED) is 0.751. The zero-order valence-corrected chi connectivity index (χ0v) is 16.8. The Morgan fingerprint density at radius 2 is 1.96 bits per heavy atom. The van der Waals surface area contributed by atoms with Crippen molar-refractivity contribution in [2.45, 2.75) is 20.3 Å². The molecule has 3 rings (SSSR count). The summed E-state index contributed by atoms with van der Waals surface area (Å²) < 4.78 is 0. The molecule has 28 heavy (non-hydrogen) atoms. The number of halogens is 1. The van der Waals surface area contributed by atoms with E-state index >= 15 is 0 Å². The maximum Gasteiger partial charge on any atom is 0.327 e. The van der Waals surface area contributed by atoms with Gasteiger partial charge in [0, 0.05) is 29.5 Å². The molecule has 0 radical (unpaired) electrons. The number of amides is 2. The number of para-hydroxylation sites is 1. The van der Waals surface area contributed by atoms with E-state index in [0.717, 1.165) is 28.9 Å². The van der Waals surface area contributed by atoms with E-state index in [1.54, 1.807) is 13.1 Å². The number of rotatable bonds is 4. The highest BCUT2D eigenvalue weighted by Crippen LogP contribution is 2.22. The first kappa shape index (κ1) is 19.6. The van der Waals surface area contributed by atoms with Crippen LogP contribution in [0, 0.1) is 13.8 Å². The van der Waals surface area contributed by atoms with Gasteiger partial charge in [-0.3, -0.25) is 4.90 Å². The Bertz CT molecular complexity index is 960. The van der Waals surface area contributed by atoms with Crippen LogP contribution in [-0.2, 0) is 0 Å². The van der Waals surface area contributed by atoms with Gasteiger partial charge in [-0.2, -0.15) is 0 Å². The summed E-state index contributed by atoms with van der Waals surface area (Å²) in [5, 5.41) is 6.79. The van der Waals surface area contributed by atoms with Gasteiger partial charge < -0.3 is 10.6 Å². The van der Waals surface area contributed by atoms with Crippen molar-refractivity contribution < 1.29 is 4.79 Å². The largest absolute Gasteiger partial charge is 0.340 e. The number of anilines is 3. The minimum Gasteiger partial charge on any atom is -0.340 e. The number of urea groups is 1. The lowest BCUT2D eigenvalue weighted by molar-refractivity contribution is 0.258. The van der Waals surface area contributed by atoms with Crippen molar-refractivity contribution >= 4 is 35.0 Å². The van der Waals surface area contributed by atoms with Gasteiger partial charge in [0.05, 0.1) is 0 Å². The SMILES string of the molecule is Cc1cccc(C)c1NC(=O)N(C)c1cc(NC2=CCC=CC(Cl)=C2)ncn1. The average Bonchev–Trinajstić information content (AvgIpc) is 2.88. The number of hydrogen-bond acceptors (Lipinski definition) is 4. The molecule has 6 nitrogen and oxygen atoms in total. The number of hydrogen-bond donors (Lipinski definition) is 2. The second kappa shape index (κ2) is 8.71. The highest BCUT2D eigenvalue weighted by Gasteiger charge is 2.15. The van der Waals surface area contributed by atoms with Crippen molar-refractivity contribution in [3.8, 4) is 0 Å². The van der Waals surface area contributed by atoms with Crippen molar-refractivity contribution in [1.82, 2.24) is 9.97 Å². The van der Waals surface area contributed by atoms with Gasteiger partial charge in [0.2, 0.25) is 0 Å². The molecule has 144 valence electrons. The Kier molecular flexibility index (Phi) is 6.11. The van der Waals surface area contributed by atoms with Crippen LogP contribution in [0.15, 0.2) is 65.6 Å². The molecule has 1 aromatic heterocycles. The first-order chi connectivity index (χ1) is 13.4. The van der Waals surface area contributed by atoms with E-state index < -0.39 is 0 Å². The summed E-state index contributed by atoms with van der Waals surface area (Å²) in [5.74, 6) is 1.05. The van der Waals surface area contributed by atoms with E-state index in [1.165, 1.54) is 11.2 Å². The van der Waals surface area contributed by atoms with Crippen LogP contribution in [0.5, 0.6) is 0 Å². The maximum absolute atomic E-state index is 12.7. The molecule has 0 spiro atoms. The van der Waals surface area contributed by atoms with Gasteiger partial charge in [0.1, 0.15) is 18.0 Å². The molecule has 1 aliphatic rings. The zero-order valence-electron chi connectivity index (χ0n) is 16.0. The van der Waals surface area contributed by atoms with Crippen LogP contribution in [0.2, 0.25) is 0 Å². The number of benzene rings is 1. The molecular weight excluding hydrogens is 374 g/mol. The number of nitrogens with one attached hydrogen (secondary N) is 2. The smallest absolute Gasteiger partial charge is 0.327 e. The molecular formula is C21H22ClN5O. The topological polar surface area (TPSA) is 70.2 Å². The van der Waals surface area contributed by atoms with Gasteiger partial charge in [0.15, 0.2) is 0 Å². The normalized spacial score (nSPS) is 13.3. The standard InChI is InChI=1S/C21H22ClN5O/c1-14-7-6-8-15(2)20(14)26-21(28)27(3)19-12-18(23-13-24-19)25-17-10-5-4-9-16(22)11-17/h4,6-13H,5H2,1-3H3,(H,26,28)(H,23,24,25). The molecule has 0 atom stereocenters. The molecule has 0 saturated carbocycles. The van der Waals surface area contributed by atoms with E-state index in [0.29, 0.717) is 16.7 Å². The van der Waals surface area contributed by atoms with Crippen molar-refractivity contribution in [1.29, 1.82) is 0 Å². The lowest BCUT2D eigenvalue weighted by atomic mass is 10.1. The molecule has 2 aromatic rings. The molecule has 0 unspecified atom stereocenters. The monoisotopic (exact) mass is 395 g/mol. The lowest BCUT2D eigenvalue weighted by Crippen LogP contribution is -2.32. The third-order valence-electron chi connectivity index (χ3n) is 4.33. The van der Waals surface area contributed by atoms with Gasteiger partial charge >= 0.3 is 6.03 Å². The van der Waals surface area contributed by atoms with Crippen LogP contribution < -0.4 is 15.5 Å². The summed E-state index contributed by atoms with van der Waals surface area (Å²) in [4.78, 5) is 22.6. The van der Waals surface area contributed by atoms with E-state index in [2.05, 4.69) is 20.6 Å². The Morgan fingerprint density at radius 1 is 1.21 bits per heavy atom. The third kappa shape index (κ3) is 4.78. The minimum atomic E-state index is -0.275. The van der Waals surface area contributed by atoms with Gasteiger partial charge in [-0.1, -0.05) is 42.0 Å². The van der Waals surface area contributed by atoms with E-state index in [9.17, 15) is 4.79 Å². The summed E-state index contributed by atoms with van der Waals surface area (Å²) in [7, 11) is 1.67.